The molecular weight excluding hydrogens is 376 g/mol. The first-order valence-electron chi connectivity index (χ1n) is 9.17. The van der Waals surface area contributed by atoms with E-state index in [0.29, 0.717) is 24.6 Å². The van der Waals surface area contributed by atoms with Crippen molar-refractivity contribution in [3.8, 4) is 11.5 Å². The highest BCUT2D eigenvalue weighted by Gasteiger charge is 2.33. The first kappa shape index (κ1) is 20.2. The third kappa shape index (κ3) is 5.28. The SMILES string of the molecule is CC(C)(C)OC(=O)N1CC(Nc2ccc(Oc3ccc([N+](=O)[O-])c(N)c3)cc2)C1. The summed E-state index contributed by atoms with van der Waals surface area (Å²) in [6.07, 6.45) is -0.304. The fourth-order valence-electron chi connectivity index (χ4n) is 2.80. The van der Waals surface area contributed by atoms with Crippen LogP contribution in [0, 0.1) is 10.1 Å². The Bertz CT molecular complexity index is 902. The number of benzene rings is 2. The number of rotatable bonds is 5. The molecule has 9 heteroatoms. The number of nitrogens with zero attached hydrogens (tertiary/aromatic N) is 2. The number of nitrogen functional groups attached to an aromatic ring is 1. The Labute approximate surface area is 168 Å². The maximum Gasteiger partial charge on any atom is 0.410 e. The van der Waals surface area contributed by atoms with Gasteiger partial charge in [-0.25, -0.2) is 4.79 Å². The van der Waals surface area contributed by atoms with Crippen LogP contribution in [0.15, 0.2) is 42.5 Å². The minimum Gasteiger partial charge on any atom is -0.457 e. The van der Waals surface area contributed by atoms with Crippen molar-refractivity contribution in [3.63, 3.8) is 0 Å². The highest BCUT2D eigenvalue weighted by Crippen LogP contribution is 2.30. The second kappa shape index (κ2) is 7.86. The van der Waals surface area contributed by atoms with Crippen LogP contribution in [0.25, 0.3) is 0 Å². The maximum absolute atomic E-state index is 12.0. The Morgan fingerprint density at radius 1 is 1.17 bits per heavy atom. The van der Waals surface area contributed by atoms with Crippen LogP contribution in [-0.4, -0.2) is 40.6 Å². The van der Waals surface area contributed by atoms with E-state index in [1.807, 2.05) is 32.9 Å². The van der Waals surface area contributed by atoms with Gasteiger partial charge in [0, 0.05) is 30.9 Å². The van der Waals surface area contributed by atoms with Crippen LogP contribution in [0.5, 0.6) is 11.5 Å². The van der Waals surface area contributed by atoms with Gasteiger partial charge in [-0.2, -0.15) is 0 Å². The molecule has 1 saturated heterocycles. The van der Waals surface area contributed by atoms with Gasteiger partial charge in [-0.05, 0) is 51.1 Å². The van der Waals surface area contributed by atoms with Crippen molar-refractivity contribution in [2.75, 3.05) is 24.1 Å². The molecule has 1 heterocycles. The molecule has 0 aliphatic carbocycles. The molecule has 1 amide bonds. The second-order valence-corrected chi connectivity index (χ2v) is 7.83. The number of carbonyl (C=O) groups is 1. The van der Waals surface area contributed by atoms with E-state index in [0.717, 1.165) is 5.69 Å². The zero-order valence-electron chi connectivity index (χ0n) is 16.5. The summed E-state index contributed by atoms with van der Waals surface area (Å²) in [5.41, 5.74) is 5.96. The molecule has 9 nitrogen and oxygen atoms in total. The molecule has 2 aromatic carbocycles. The third-order valence-corrected chi connectivity index (χ3v) is 4.19. The monoisotopic (exact) mass is 400 g/mol. The van der Waals surface area contributed by atoms with E-state index in [2.05, 4.69) is 5.32 Å². The van der Waals surface area contributed by atoms with Crippen molar-refractivity contribution in [2.24, 2.45) is 0 Å². The van der Waals surface area contributed by atoms with E-state index in [4.69, 9.17) is 15.2 Å². The van der Waals surface area contributed by atoms with E-state index < -0.39 is 10.5 Å². The minimum absolute atomic E-state index is 0.0466. The van der Waals surface area contributed by atoms with Crippen LogP contribution in [0.3, 0.4) is 0 Å². The lowest BCUT2D eigenvalue weighted by molar-refractivity contribution is -0.383. The van der Waals surface area contributed by atoms with E-state index in [-0.39, 0.29) is 23.5 Å². The standard InChI is InChI=1S/C20H24N4O5/c1-20(2,3)29-19(25)23-11-14(12-23)22-13-4-6-15(7-5-13)28-16-8-9-18(24(26)27)17(21)10-16/h4-10,14,22H,11-12,21H2,1-3H3. The summed E-state index contributed by atoms with van der Waals surface area (Å²) in [6, 6.07) is 11.7. The normalized spacial score (nSPS) is 14.1. The average molecular weight is 400 g/mol. The highest BCUT2D eigenvalue weighted by molar-refractivity contribution is 5.69. The number of nitrogens with one attached hydrogen (secondary N) is 1. The molecule has 0 spiro atoms. The van der Waals surface area contributed by atoms with Crippen molar-refractivity contribution < 1.29 is 19.2 Å². The van der Waals surface area contributed by atoms with Crippen molar-refractivity contribution in [2.45, 2.75) is 32.4 Å². The van der Waals surface area contributed by atoms with Gasteiger partial charge in [0.2, 0.25) is 0 Å². The Hall–Kier alpha value is -3.49. The molecule has 2 aromatic rings. The zero-order chi connectivity index (χ0) is 21.2. The van der Waals surface area contributed by atoms with Crippen LogP contribution >= 0.6 is 0 Å². The Morgan fingerprint density at radius 2 is 1.79 bits per heavy atom. The number of nitro benzene ring substituents is 1. The molecule has 1 fully saturated rings. The van der Waals surface area contributed by atoms with Gasteiger partial charge in [-0.15, -0.1) is 0 Å². The Balaban J connectivity index is 1.51. The number of nitro groups is 1. The summed E-state index contributed by atoms with van der Waals surface area (Å²) < 4.78 is 11.0. The van der Waals surface area contributed by atoms with Gasteiger partial charge in [-0.3, -0.25) is 10.1 Å². The summed E-state index contributed by atoms with van der Waals surface area (Å²) >= 11 is 0. The van der Waals surface area contributed by atoms with Crippen LogP contribution < -0.4 is 15.8 Å². The number of amides is 1. The number of anilines is 2. The molecule has 0 bridgehead atoms. The van der Waals surface area contributed by atoms with Crippen LogP contribution in [-0.2, 0) is 4.74 Å². The van der Waals surface area contributed by atoms with E-state index in [1.165, 1.54) is 18.2 Å². The van der Waals surface area contributed by atoms with Crippen molar-refractivity contribution in [3.05, 3.63) is 52.6 Å². The number of carbonyl (C=O) groups excluding carboxylic acids is 1. The molecule has 29 heavy (non-hydrogen) atoms. The first-order chi connectivity index (χ1) is 13.6. The first-order valence-corrected chi connectivity index (χ1v) is 9.17. The lowest BCUT2D eigenvalue weighted by Crippen LogP contribution is -2.57. The quantitative estimate of drug-likeness (QED) is 0.442. The molecule has 3 rings (SSSR count). The topological polar surface area (TPSA) is 120 Å². The third-order valence-electron chi connectivity index (χ3n) is 4.19. The number of hydrogen-bond acceptors (Lipinski definition) is 7. The predicted molar refractivity (Wildman–Crippen MR) is 109 cm³/mol. The summed E-state index contributed by atoms with van der Waals surface area (Å²) in [4.78, 5) is 23.9. The van der Waals surface area contributed by atoms with Gasteiger partial charge < -0.3 is 25.4 Å². The van der Waals surface area contributed by atoms with E-state index in [9.17, 15) is 14.9 Å². The summed E-state index contributed by atoms with van der Waals surface area (Å²) in [6.45, 7) is 6.68. The number of ether oxygens (including phenoxy) is 2. The van der Waals surface area contributed by atoms with Gasteiger partial charge in [-0.1, -0.05) is 0 Å². The van der Waals surface area contributed by atoms with Crippen molar-refractivity contribution >= 4 is 23.2 Å². The van der Waals surface area contributed by atoms with Gasteiger partial charge >= 0.3 is 6.09 Å². The molecule has 1 aliphatic rings. The van der Waals surface area contributed by atoms with Gasteiger partial charge in [0.1, 0.15) is 22.8 Å². The average Bonchev–Trinajstić information content (AvgIpc) is 2.57. The fraction of sp³-hybridized carbons (Fsp3) is 0.350. The molecule has 0 saturated carbocycles. The number of hydrogen-bond donors (Lipinski definition) is 2. The smallest absolute Gasteiger partial charge is 0.410 e. The molecular formula is C20H24N4O5. The molecule has 0 unspecified atom stereocenters. The van der Waals surface area contributed by atoms with Gasteiger partial charge in [0.05, 0.1) is 11.0 Å². The molecule has 3 N–H and O–H groups in total. The van der Waals surface area contributed by atoms with Gasteiger partial charge in [0.15, 0.2) is 0 Å². The summed E-state index contributed by atoms with van der Waals surface area (Å²) in [5.74, 6) is 0.994. The Morgan fingerprint density at radius 3 is 2.34 bits per heavy atom. The number of nitrogens with two attached hydrogens (primary N) is 1. The van der Waals surface area contributed by atoms with Crippen molar-refractivity contribution in [1.82, 2.24) is 4.90 Å². The van der Waals surface area contributed by atoms with Crippen LogP contribution in [0.1, 0.15) is 20.8 Å². The predicted octanol–water partition coefficient (Wildman–Crippen LogP) is 4.00. The van der Waals surface area contributed by atoms with Crippen LogP contribution in [0.4, 0.5) is 21.9 Å². The lowest BCUT2D eigenvalue weighted by atomic mass is 10.1. The second-order valence-electron chi connectivity index (χ2n) is 7.83. The van der Waals surface area contributed by atoms with E-state index >= 15 is 0 Å². The molecule has 154 valence electrons. The van der Waals surface area contributed by atoms with Crippen LogP contribution in [0.2, 0.25) is 0 Å². The van der Waals surface area contributed by atoms with Crippen molar-refractivity contribution in [1.29, 1.82) is 0 Å². The largest absolute Gasteiger partial charge is 0.457 e. The Kier molecular flexibility index (Phi) is 5.49. The van der Waals surface area contributed by atoms with Gasteiger partial charge in [0.25, 0.3) is 5.69 Å². The molecule has 0 atom stereocenters. The minimum atomic E-state index is -0.538. The van der Waals surface area contributed by atoms with E-state index in [1.54, 1.807) is 17.0 Å². The summed E-state index contributed by atoms with van der Waals surface area (Å²) in [5, 5.41) is 14.2. The molecule has 1 aliphatic heterocycles. The number of likely N-dealkylation sites (tertiary alicyclic amines) is 1. The maximum atomic E-state index is 12.0. The fourth-order valence-corrected chi connectivity index (χ4v) is 2.80. The highest BCUT2D eigenvalue weighted by atomic mass is 16.6. The molecule has 0 radical (unpaired) electrons. The lowest BCUT2D eigenvalue weighted by Gasteiger charge is -2.40. The summed E-state index contributed by atoms with van der Waals surface area (Å²) in [7, 11) is 0. The zero-order valence-corrected chi connectivity index (χ0v) is 16.5. The molecule has 0 aromatic heterocycles.